The number of allylic oxidation sites excluding steroid dienone is 1. The van der Waals surface area contributed by atoms with Crippen LogP contribution in [0.25, 0.3) is 0 Å². The molecule has 0 unspecified atom stereocenters. The molecule has 0 saturated heterocycles. The SMILES string of the molecule is Cc1cccc(C)n1.NN1C=CC=NN1. The van der Waals surface area contributed by atoms with E-state index in [4.69, 9.17) is 5.84 Å². The first-order chi connectivity index (χ1) is 7.18. The lowest BCUT2D eigenvalue weighted by Crippen LogP contribution is -2.36. The number of nitrogens with zero attached hydrogens (tertiary/aromatic N) is 3. The fourth-order valence-electron chi connectivity index (χ4n) is 0.987. The number of hydrazone groups is 1. The molecule has 1 aromatic heterocycles. The van der Waals surface area contributed by atoms with E-state index in [1.165, 1.54) is 5.12 Å². The number of pyridine rings is 1. The molecule has 3 N–H and O–H groups in total. The van der Waals surface area contributed by atoms with Crippen LogP contribution in [0.2, 0.25) is 0 Å². The first-order valence-corrected chi connectivity index (χ1v) is 4.58. The van der Waals surface area contributed by atoms with Gasteiger partial charge in [0.25, 0.3) is 0 Å². The van der Waals surface area contributed by atoms with Crippen LogP contribution in [0.5, 0.6) is 0 Å². The van der Waals surface area contributed by atoms with Crippen molar-refractivity contribution < 1.29 is 0 Å². The molecule has 80 valence electrons. The number of hydrazine groups is 2. The molecule has 2 rings (SSSR count). The van der Waals surface area contributed by atoms with Crippen molar-refractivity contribution in [3.8, 4) is 0 Å². The second-order valence-corrected chi connectivity index (χ2v) is 3.05. The zero-order valence-electron chi connectivity index (χ0n) is 8.88. The number of aromatic nitrogens is 1. The van der Waals surface area contributed by atoms with Crippen LogP contribution in [0, 0.1) is 13.8 Å². The molecule has 0 bridgehead atoms. The summed E-state index contributed by atoms with van der Waals surface area (Å²) in [5, 5.41) is 4.86. The molecular formula is C10H15N5. The average Bonchev–Trinajstić information content (AvgIpc) is 2.19. The molecule has 1 aliphatic heterocycles. The summed E-state index contributed by atoms with van der Waals surface area (Å²) in [5.74, 6) is 5.16. The van der Waals surface area contributed by atoms with Gasteiger partial charge < -0.3 is 0 Å². The van der Waals surface area contributed by atoms with Crippen LogP contribution < -0.4 is 11.4 Å². The first-order valence-electron chi connectivity index (χ1n) is 4.58. The highest BCUT2D eigenvalue weighted by Crippen LogP contribution is 1.93. The number of aryl methyl sites for hydroxylation is 2. The average molecular weight is 205 g/mol. The Kier molecular flexibility index (Phi) is 4.30. The van der Waals surface area contributed by atoms with E-state index in [1.54, 1.807) is 18.5 Å². The highest BCUT2D eigenvalue weighted by Gasteiger charge is 1.85. The third-order valence-corrected chi connectivity index (χ3v) is 1.61. The van der Waals surface area contributed by atoms with Crippen molar-refractivity contribution in [1.82, 2.24) is 15.6 Å². The molecule has 0 aromatic carbocycles. The van der Waals surface area contributed by atoms with E-state index >= 15 is 0 Å². The van der Waals surface area contributed by atoms with Crippen molar-refractivity contribution >= 4 is 6.21 Å². The van der Waals surface area contributed by atoms with Crippen LogP contribution in [-0.4, -0.2) is 16.3 Å². The van der Waals surface area contributed by atoms with E-state index in [9.17, 15) is 0 Å². The minimum atomic E-state index is 1.09. The molecule has 15 heavy (non-hydrogen) atoms. The fraction of sp³-hybridized carbons (Fsp3) is 0.200. The van der Waals surface area contributed by atoms with Crippen molar-refractivity contribution in [2.45, 2.75) is 13.8 Å². The summed E-state index contributed by atoms with van der Waals surface area (Å²) in [6.45, 7) is 3.99. The van der Waals surface area contributed by atoms with Gasteiger partial charge in [0.1, 0.15) is 0 Å². The largest absolute Gasteiger partial charge is 0.258 e. The van der Waals surface area contributed by atoms with Gasteiger partial charge in [0.05, 0.1) is 6.21 Å². The molecule has 5 heteroatoms. The summed E-state index contributed by atoms with van der Waals surface area (Å²) in [6.07, 6.45) is 5.01. The second kappa shape index (κ2) is 5.77. The quantitative estimate of drug-likeness (QED) is 0.617. The van der Waals surface area contributed by atoms with Crippen LogP contribution in [0.15, 0.2) is 35.6 Å². The third-order valence-electron chi connectivity index (χ3n) is 1.61. The summed E-state index contributed by atoms with van der Waals surface area (Å²) in [4.78, 5) is 4.17. The maximum Gasteiger partial charge on any atom is 0.0504 e. The summed E-state index contributed by atoms with van der Waals surface area (Å²) >= 11 is 0. The molecule has 0 aliphatic carbocycles. The number of hydrogen-bond donors (Lipinski definition) is 2. The molecule has 0 saturated carbocycles. The minimum absolute atomic E-state index is 1.09. The van der Waals surface area contributed by atoms with Crippen molar-refractivity contribution in [2.24, 2.45) is 10.9 Å². The van der Waals surface area contributed by atoms with Crippen LogP contribution in [0.4, 0.5) is 0 Å². The highest BCUT2D eigenvalue weighted by molar-refractivity contribution is 5.70. The molecule has 0 radical (unpaired) electrons. The van der Waals surface area contributed by atoms with Gasteiger partial charge >= 0.3 is 0 Å². The maximum absolute atomic E-state index is 5.16. The molecule has 2 heterocycles. The topological polar surface area (TPSA) is 66.5 Å². The Morgan fingerprint density at radius 1 is 1.27 bits per heavy atom. The molecular weight excluding hydrogens is 190 g/mol. The number of nitrogens with two attached hydrogens (primary N) is 1. The van der Waals surface area contributed by atoms with E-state index in [0.717, 1.165) is 11.4 Å². The van der Waals surface area contributed by atoms with Crippen molar-refractivity contribution in [3.63, 3.8) is 0 Å². The van der Waals surface area contributed by atoms with Crippen LogP contribution in [-0.2, 0) is 0 Å². The van der Waals surface area contributed by atoms with Gasteiger partial charge in [-0.15, -0.1) is 0 Å². The summed E-state index contributed by atoms with van der Waals surface area (Å²) in [6, 6.07) is 6.00. The van der Waals surface area contributed by atoms with Gasteiger partial charge in [0.15, 0.2) is 0 Å². The van der Waals surface area contributed by atoms with Crippen LogP contribution in [0.3, 0.4) is 0 Å². The van der Waals surface area contributed by atoms with Gasteiger partial charge in [0.2, 0.25) is 0 Å². The predicted octanol–water partition coefficient (Wildman–Crippen LogP) is 0.878. The monoisotopic (exact) mass is 205 g/mol. The van der Waals surface area contributed by atoms with E-state index in [0.29, 0.717) is 0 Å². The second-order valence-electron chi connectivity index (χ2n) is 3.05. The van der Waals surface area contributed by atoms with E-state index in [2.05, 4.69) is 15.6 Å². The summed E-state index contributed by atoms with van der Waals surface area (Å²) < 4.78 is 0. The molecule has 1 aliphatic rings. The molecule has 0 fully saturated rings. The van der Waals surface area contributed by atoms with Gasteiger partial charge in [-0.3, -0.25) is 4.98 Å². The zero-order chi connectivity index (χ0) is 11.1. The Morgan fingerprint density at radius 2 is 1.93 bits per heavy atom. The summed E-state index contributed by atoms with van der Waals surface area (Å²) in [5.41, 5.74) is 4.65. The lowest BCUT2D eigenvalue weighted by Gasteiger charge is -2.12. The third kappa shape index (κ3) is 4.78. The molecule has 0 amide bonds. The Balaban J connectivity index is 0.000000151. The number of hydrogen-bond acceptors (Lipinski definition) is 5. The Bertz CT molecular complexity index is 341. The lowest BCUT2D eigenvalue weighted by molar-refractivity contribution is 0.284. The van der Waals surface area contributed by atoms with E-state index < -0.39 is 0 Å². The normalized spacial score (nSPS) is 12.9. The van der Waals surface area contributed by atoms with Crippen molar-refractivity contribution in [3.05, 3.63) is 41.9 Å². The van der Waals surface area contributed by atoms with E-state index in [-0.39, 0.29) is 0 Å². The fourth-order valence-corrected chi connectivity index (χ4v) is 0.987. The highest BCUT2D eigenvalue weighted by atomic mass is 15.8. The van der Waals surface area contributed by atoms with Gasteiger partial charge in [-0.25, -0.2) is 16.5 Å². The Labute approximate surface area is 89.2 Å². The zero-order valence-corrected chi connectivity index (χ0v) is 8.88. The van der Waals surface area contributed by atoms with Gasteiger partial charge in [0, 0.05) is 17.6 Å². The predicted molar refractivity (Wildman–Crippen MR) is 60.5 cm³/mol. The van der Waals surface area contributed by atoms with E-state index in [1.807, 2.05) is 32.0 Å². The first kappa shape index (κ1) is 11.2. The smallest absolute Gasteiger partial charge is 0.0504 e. The van der Waals surface area contributed by atoms with Crippen LogP contribution >= 0.6 is 0 Å². The Hall–Kier alpha value is -1.88. The van der Waals surface area contributed by atoms with Crippen molar-refractivity contribution in [2.75, 3.05) is 0 Å². The molecule has 0 spiro atoms. The molecule has 1 aromatic rings. The van der Waals surface area contributed by atoms with Gasteiger partial charge in [-0.2, -0.15) is 5.10 Å². The molecule has 5 nitrogen and oxygen atoms in total. The maximum atomic E-state index is 5.16. The minimum Gasteiger partial charge on any atom is -0.258 e. The van der Waals surface area contributed by atoms with Crippen molar-refractivity contribution in [1.29, 1.82) is 0 Å². The lowest BCUT2D eigenvalue weighted by atomic mass is 10.3. The van der Waals surface area contributed by atoms with Crippen LogP contribution in [0.1, 0.15) is 11.4 Å². The standard InChI is InChI=1S/C7H9N.C3H6N4/c1-6-4-3-5-7(2)8-6;4-7-3-1-2-5-6-7/h3-5H,1-2H3;1-3,6H,4H2. The summed E-state index contributed by atoms with van der Waals surface area (Å²) in [7, 11) is 0. The van der Waals surface area contributed by atoms with Gasteiger partial charge in [-0.05, 0) is 32.1 Å². The van der Waals surface area contributed by atoms with Gasteiger partial charge in [-0.1, -0.05) is 6.07 Å². The Morgan fingerprint density at radius 3 is 2.20 bits per heavy atom. The number of nitrogens with one attached hydrogen (secondary N) is 1. The number of rotatable bonds is 0. The molecule has 0 atom stereocenters.